The molecule has 4 unspecified atom stereocenters. The maximum atomic E-state index is 12.0. The molecule has 4 atom stereocenters. The van der Waals surface area contributed by atoms with Crippen molar-refractivity contribution in [2.24, 2.45) is 0 Å². The number of benzene rings is 2. The van der Waals surface area contributed by atoms with Gasteiger partial charge in [-0.1, -0.05) is 80.2 Å². The highest BCUT2D eigenvalue weighted by atomic mass is 35.5. The van der Waals surface area contributed by atoms with Crippen LogP contribution in [0.2, 0.25) is 10.0 Å². The number of halogens is 3. The molecule has 2 aromatic carbocycles. The van der Waals surface area contributed by atoms with Crippen molar-refractivity contribution in [3.63, 3.8) is 0 Å². The third-order valence-corrected chi connectivity index (χ3v) is 17.1. The van der Waals surface area contributed by atoms with E-state index in [9.17, 15) is 9.59 Å². The first-order valence-electron chi connectivity index (χ1n) is 25.1. The highest BCUT2D eigenvalue weighted by Gasteiger charge is 2.55. The van der Waals surface area contributed by atoms with Crippen molar-refractivity contribution in [2.75, 3.05) is 63.0 Å². The lowest BCUT2D eigenvalue weighted by Crippen LogP contribution is -2.59. The predicted molar refractivity (Wildman–Crippen MR) is 293 cm³/mol. The normalized spacial score (nSPS) is 25.8. The number of aromatic amines is 2. The minimum Gasteiger partial charge on any atom is -0.360 e. The van der Waals surface area contributed by atoms with Gasteiger partial charge in [0.15, 0.2) is 0 Å². The van der Waals surface area contributed by atoms with Crippen LogP contribution < -0.4 is 16.0 Å². The molecule has 6 heterocycles. The van der Waals surface area contributed by atoms with Crippen molar-refractivity contribution in [3.8, 4) is 22.5 Å². The number of allylic oxidation sites excluding steroid dienone is 1. The van der Waals surface area contributed by atoms with Crippen molar-refractivity contribution < 1.29 is 9.59 Å². The summed E-state index contributed by atoms with van der Waals surface area (Å²) in [5, 5.41) is 13.9. The minimum atomic E-state index is -0.509. The molecule has 14 nitrogen and oxygen atoms in total. The number of amides is 1. The Hall–Kier alpha value is -5.35. The molecule has 12 rings (SSSR count). The summed E-state index contributed by atoms with van der Waals surface area (Å²) in [6, 6.07) is 16.4. The molecule has 380 valence electrons. The maximum Gasteiger partial charge on any atom is 0.246 e. The number of para-hydroxylation sites is 2. The van der Waals surface area contributed by atoms with Gasteiger partial charge in [-0.25, -0.2) is 19.9 Å². The molecule has 2 aliphatic heterocycles. The Balaban J connectivity index is 0.000000162. The van der Waals surface area contributed by atoms with Crippen LogP contribution in [0.5, 0.6) is 0 Å². The summed E-state index contributed by atoms with van der Waals surface area (Å²) in [4.78, 5) is 54.4. The number of piperazine rings is 2. The summed E-state index contributed by atoms with van der Waals surface area (Å²) < 4.78 is 0. The first-order chi connectivity index (χ1) is 34.4. The number of carbonyl (C=O) groups excluding carboxylic acids is 2. The Kier molecular flexibility index (Phi) is 15.5. The van der Waals surface area contributed by atoms with E-state index in [1.807, 2.05) is 41.6 Å². The number of carbonyl (C=O) groups is 2. The van der Waals surface area contributed by atoms with E-state index in [0.29, 0.717) is 27.5 Å². The monoisotopic (exact) mass is 1030 g/mol. The SMILES string of the molecule is C.C=CC(=O)Cl.C=CC(=O)N1CCN(C23CCCC(Nc4ncc(Cl)c(-c5c[nH]c6ccccc56)n4)(CC2)C3)CC1.Clc1cnc(NC23CCCC(N4CCNCC4)(CC2)C3)nc1-c1c[nH]c2ccccc12. The zero-order valence-electron chi connectivity index (χ0n) is 40.2. The highest BCUT2D eigenvalue weighted by Crippen LogP contribution is 2.54. The van der Waals surface area contributed by atoms with Crippen LogP contribution in [0.15, 0.2) is 98.6 Å². The number of aromatic nitrogens is 6. The lowest BCUT2D eigenvalue weighted by Gasteiger charge is -2.49. The van der Waals surface area contributed by atoms with Crippen molar-refractivity contribution in [1.82, 2.24) is 49.9 Å². The molecule has 17 heteroatoms. The zero-order valence-corrected chi connectivity index (χ0v) is 42.5. The van der Waals surface area contributed by atoms with Crippen LogP contribution >= 0.6 is 34.8 Å². The van der Waals surface area contributed by atoms with Crippen LogP contribution in [-0.4, -0.2) is 130 Å². The van der Waals surface area contributed by atoms with Gasteiger partial charge in [0.25, 0.3) is 0 Å². The Morgan fingerprint density at radius 3 is 1.54 bits per heavy atom. The van der Waals surface area contributed by atoms with Gasteiger partial charge in [-0.3, -0.25) is 19.4 Å². The molecule has 4 aliphatic carbocycles. The van der Waals surface area contributed by atoms with Gasteiger partial charge in [-0.05, 0) is 113 Å². The van der Waals surface area contributed by atoms with Crippen molar-refractivity contribution in [2.45, 2.75) is 107 Å². The van der Waals surface area contributed by atoms with Gasteiger partial charge in [0.1, 0.15) is 0 Å². The van der Waals surface area contributed by atoms with E-state index in [-0.39, 0.29) is 30.0 Å². The van der Waals surface area contributed by atoms with Crippen molar-refractivity contribution in [1.29, 1.82) is 0 Å². The molecular weight excluding hydrogens is 967 g/mol. The van der Waals surface area contributed by atoms with Crippen molar-refractivity contribution in [3.05, 3.63) is 109 Å². The van der Waals surface area contributed by atoms with Crippen molar-refractivity contribution >= 4 is 79.7 Å². The van der Waals surface area contributed by atoms with Crippen LogP contribution in [0.3, 0.4) is 0 Å². The summed E-state index contributed by atoms with van der Waals surface area (Å²) >= 11 is 17.8. The fraction of sp³-hybridized carbons (Fsp3) is 0.455. The molecule has 6 aromatic rings. The van der Waals surface area contributed by atoms with E-state index in [1.165, 1.54) is 57.4 Å². The van der Waals surface area contributed by atoms with Gasteiger partial charge < -0.3 is 30.8 Å². The molecule has 0 spiro atoms. The van der Waals surface area contributed by atoms with Gasteiger partial charge in [-0.2, -0.15) is 0 Å². The molecule has 1 amide bonds. The molecule has 6 aliphatic rings. The van der Waals surface area contributed by atoms with E-state index in [0.717, 1.165) is 128 Å². The largest absolute Gasteiger partial charge is 0.360 e. The number of anilines is 2. The molecule has 72 heavy (non-hydrogen) atoms. The number of rotatable bonds is 10. The molecule has 2 saturated heterocycles. The molecule has 5 N–H and O–H groups in total. The van der Waals surface area contributed by atoms with Crippen LogP contribution in [0.4, 0.5) is 11.9 Å². The fourth-order valence-electron chi connectivity index (χ4n) is 13.0. The van der Waals surface area contributed by atoms with Crippen LogP contribution in [0.25, 0.3) is 44.3 Å². The van der Waals surface area contributed by atoms with E-state index in [1.54, 1.807) is 12.4 Å². The molecular formula is C55H67Cl3N12O2. The summed E-state index contributed by atoms with van der Waals surface area (Å²) in [7, 11) is 0. The number of nitrogens with zero attached hydrogens (tertiary/aromatic N) is 7. The molecule has 0 radical (unpaired) electrons. The summed E-state index contributed by atoms with van der Waals surface area (Å²) in [6.07, 6.45) is 24.2. The van der Waals surface area contributed by atoms with E-state index in [4.69, 9.17) is 44.8 Å². The third-order valence-electron chi connectivity index (χ3n) is 16.4. The highest BCUT2D eigenvalue weighted by molar-refractivity contribution is 6.66. The minimum absolute atomic E-state index is 0. The molecule has 6 fully saturated rings. The van der Waals surface area contributed by atoms with Gasteiger partial charge in [0, 0.05) is 120 Å². The lowest BCUT2D eigenvalue weighted by molar-refractivity contribution is -0.129. The van der Waals surface area contributed by atoms with E-state index >= 15 is 0 Å². The number of hydrogen-bond donors (Lipinski definition) is 5. The number of hydrogen-bond acceptors (Lipinski definition) is 11. The Labute approximate surface area is 437 Å². The fourth-order valence-corrected chi connectivity index (χ4v) is 13.4. The summed E-state index contributed by atoms with van der Waals surface area (Å²) in [6.45, 7) is 14.7. The average Bonchev–Trinajstić information content (AvgIpc) is 4.16. The topological polar surface area (TPSA) is 163 Å². The first-order valence-corrected chi connectivity index (χ1v) is 26.3. The Morgan fingerprint density at radius 2 is 1.08 bits per heavy atom. The maximum absolute atomic E-state index is 12.0. The third kappa shape index (κ3) is 10.4. The summed E-state index contributed by atoms with van der Waals surface area (Å²) in [5.74, 6) is 1.38. The first kappa shape index (κ1) is 51.5. The van der Waals surface area contributed by atoms with Gasteiger partial charge in [0.05, 0.1) is 33.8 Å². The summed E-state index contributed by atoms with van der Waals surface area (Å²) in [5.41, 5.74) is 6.33. The molecule has 4 bridgehead atoms. The zero-order chi connectivity index (χ0) is 49.2. The number of nitrogens with one attached hydrogen (secondary N) is 5. The lowest BCUT2D eigenvalue weighted by atomic mass is 9.77. The Bertz CT molecular complexity index is 2930. The van der Waals surface area contributed by atoms with Gasteiger partial charge >= 0.3 is 0 Å². The standard InChI is InChI=1S/C27H31ClN6O.C24H29ClN6.C3H3ClO.CH4/c1-2-23(35)33-12-14-34(15-13-33)27-9-5-8-26(18-27,10-11-27)32-25-30-17-21(28)24(31-25)20-16-29-22-7-4-3-6-19(20)22;25-19-15-28-22(29-21(19)18-14-27-20-5-2-1-4-17(18)20)30-23-6-3-7-24(16-23,9-8-23)31-12-10-26-11-13-31;1-2-3(4)5;/h2-4,6-7,16-17,29H,1,5,8-15,18H2,(H,30,31,32);1-2,4-5,14-15,26-27H,3,6-13,16H2,(H,28,29,30);2H,1H2;1H4. The second-order valence-corrected chi connectivity index (χ2v) is 21.5. The van der Waals surface area contributed by atoms with Crippen LogP contribution in [0.1, 0.15) is 84.5 Å². The van der Waals surface area contributed by atoms with E-state index in [2.05, 4.69) is 83.1 Å². The number of H-pyrrole nitrogens is 2. The smallest absolute Gasteiger partial charge is 0.246 e. The van der Waals surface area contributed by atoms with E-state index < -0.39 is 5.24 Å². The van der Waals surface area contributed by atoms with Crippen LogP contribution in [-0.2, 0) is 9.59 Å². The Morgan fingerprint density at radius 1 is 0.625 bits per heavy atom. The predicted octanol–water partition coefficient (Wildman–Crippen LogP) is 10.9. The van der Waals surface area contributed by atoms with Gasteiger partial charge in [0.2, 0.25) is 23.0 Å². The average molecular weight is 1030 g/mol. The number of fused-ring (bicyclic) bond motifs is 6. The second-order valence-electron chi connectivity index (χ2n) is 20.4. The quantitative estimate of drug-likeness (QED) is 0.0656. The second kappa shape index (κ2) is 21.6. The molecule has 4 saturated carbocycles. The van der Waals surface area contributed by atoms with Crippen LogP contribution in [0, 0.1) is 0 Å². The molecule has 4 aromatic heterocycles. The van der Waals surface area contributed by atoms with Gasteiger partial charge in [-0.15, -0.1) is 0 Å².